The Bertz CT molecular complexity index is 737. The van der Waals surface area contributed by atoms with Crippen molar-refractivity contribution in [3.63, 3.8) is 0 Å². The smallest absolute Gasteiger partial charge is 0.258 e. The van der Waals surface area contributed by atoms with Gasteiger partial charge in [-0.1, -0.05) is 37.1 Å². The fourth-order valence-electron chi connectivity index (χ4n) is 3.38. The van der Waals surface area contributed by atoms with Crippen LogP contribution in [0.3, 0.4) is 0 Å². The summed E-state index contributed by atoms with van der Waals surface area (Å²) in [5.74, 6) is 0.444. The zero-order valence-corrected chi connectivity index (χ0v) is 14.6. The summed E-state index contributed by atoms with van der Waals surface area (Å²) in [5, 5.41) is 2.93. The number of nitrogens with zero attached hydrogens (tertiary/aromatic N) is 1. The predicted molar refractivity (Wildman–Crippen MR) is 101 cm³/mol. The molecule has 3 rings (SSSR count). The fraction of sp³-hybridized carbons (Fsp3) is 0.333. The molecule has 0 aromatic heterocycles. The third-order valence-electron chi connectivity index (χ3n) is 4.79. The zero-order valence-electron chi connectivity index (χ0n) is 14.6. The van der Waals surface area contributed by atoms with Gasteiger partial charge in [0.05, 0.1) is 0 Å². The lowest BCUT2D eigenvalue weighted by atomic mass is 10.0. The van der Waals surface area contributed by atoms with E-state index in [1.807, 2.05) is 36.4 Å². The SMILES string of the molecule is CN(C(=O)c1cccc(NC(=O)CC2CCCC2)c1)c1ccccc1. The highest BCUT2D eigenvalue weighted by Crippen LogP contribution is 2.28. The fourth-order valence-corrected chi connectivity index (χ4v) is 3.38. The van der Waals surface area contributed by atoms with E-state index in [-0.39, 0.29) is 11.8 Å². The van der Waals surface area contributed by atoms with Crippen molar-refractivity contribution >= 4 is 23.2 Å². The van der Waals surface area contributed by atoms with Crippen LogP contribution >= 0.6 is 0 Å². The normalized spacial score (nSPS) is 14.3. The molecule has 1 fully saturated rings. The van der Waals surface area contributed by atoms with Crippen LogP contribution in [0.4, 0.5) is 11.4 Å². The molecule has 0 unspecified atom stereocenters. The summed E-state index contributed by atoms with van der Waals surface area (Å²) in [6, 6.07) is 16.7. The number of amides is 2. The van der Waals surface area contributed by atoms with Gasteiger partial charge in [-0.25, -0.2) is 0 Å². The number of benzene rings is 2. The van der Waals surface area contributed by atoms with E-state index in [2.05, 4.69) is 5.32 Å². The lowest BCUT2D eigenvalue weighted by Crippen LogP contribution is -2.26. The van der Waals surface area contributed by atoms with Crippen molar-refractivity contribution in [2.75, 3.05) is 17.3 Å². The van der Waals surface area contributed by atoms with E-state index in [1.165, 1.54) is 12.8 Å². The Labute approximate surface area is 148 Å². The predicted octanol–water partition coefficient (Wildman–Crippen LogP) is 4.48. The van der Waals surface area contributed by atoms with Crippen LogP contribution in [0.25, 0.3) is 0 Å². The molecule has 1 aliphatic carbocycles. The molecule has 0 heterocycles. The van der Waals surface area contributed by atoms with Gasteiger partial charge in [0.15, 0.2) is 0 Å². The van der Waals surface area contributed by atoms with Gasteiger partial charge in [0, 0.05) is 30.4 Å². The molecule has 2 aromatic carbocycles. The molecule has 4 heteroatoms. The number of hydrogen-bond donors (Lipinski definition) is 1. The average Bonchev–Trinajstić information content (AvgIpc) is 3.14. The van der Waals surface area contributed by atoms with Crippen molar-refractivity contribution in [1.29, 1.82) is 0 Å². The van der Waals surface area contributed by atoms with Crippen LogP contribution in [0.1, 0.15) is 42.5 Å². The summed E-state index contributed by atoms with van der Waals surface area (Å²) >= 11 is 0. The summed E-state index contributed by atoms with van der Waals surface area (Å²) in [6.07, 6.45) is 5.32. The molecule has 0 atom stereocenters. The van der Waals surface area contributed by atoms with Gasteiger partial charge in [0.1, 0.15) is 0 Å². The molecule has 2 aromatic rings. The maximum Gasteiger partial charge on any atom is 0.258 e. The molecule has 1 N–H and O–H groups in total. The summed E-state index contributed by atoms with van der Waals surface area (Å²) in [4.78, 5) is 26.5. The molecule has 1 saturated carbocycles. The quantitative estimate of drug-likeness (QED) is 0.875. The van der Waals surface area contributed by atoms with Gasteiger partial charge in [0.2, 0.25) is 5.91 Å². The highest BCUT2D eigenvalue weighted by molar-refractivity contribution is 6.06. The van der Waals surface area contributed by atoms with Crippen LogP contribution < -0.4 is 10.2 Å². The molecule has 0 spiro atoms. The second-order valence-electron chi connectivity index (χ2n) is 6.68. The molecule has 4 nitrogen and oxygen atoms in total. The van der Waals surface area contributed by atoms with Crippen molar-refractivity contribution in [1.82, 2.24) is 0 Å². The first kappa shape index (κ1) is 17.2. The molecule has 0 aliphatic heterocycles. The number of para-hydroxylation sites is 1. The van der Waals surface area contributed by atoms with E-state index in [1.54, 1.807) is 30.1 Å². The van der Waals surface area contributed by atoms with Crippen molar-refractivity contribution in [2.45, 2.75) is 32.1 Å². The molecular formula is C21H24N2O2. The first-order chi connectivity index (χ1) is 12.1. The van der Waals surface area contributed by atoms with Crippen LogP contribution in [0.15, 0.2) is 54.6 Å². The minimum Gasteiger partial charge on any atom is -0.326 e. The minimum absolute atomic E-state index is 0.0351. The van der Waals surface area contributed by atoms with Crippen molar-refractivity contribution < 1.29 is 9.59 Å². The van der Waals surface area contributed by atoms with E-state index in [4.69, 9.17) is 0 Å². The largest absolute Gasteiger partial charge is 0.326 e. The molecule has 130 valence electrons. The van der Waals surface area contributed by atoms with Crippen LogP contribution in [0, 0.1) is 5.92 Å². The zero-order chi connectivity index (χ0) is 17.6. The Kier molecular flexibility index (Phi) is 5.49. The van der Waals surface area contributed by atoms with Crippen molar-refractivity contribution in [3.8, 4) is 0 Å². The molecule has 25 heavy (non-hydrogen) atoms. The van der Waals surface area contributed by atoms with E-state index in [0.29, 0.717) is 23.6 Å². The number of rotatable bonds is 5. The maximum absolute atomic E-state index is 12.7. The van der Waals surface area contributed by atoms with E-state index in [9.17, 15) is 9.59 Å². The van der Waals surface area contributed by atoms with Gasteiger partial charge in [-0.3, -0.25) is 9.59 Å². The van der Waals surface area contributed by atoms with E-state index in [0.717, 1.165) is 18.5 Å². The number of anilines is 2. The Balaban J connectivity index is 1.66. The van der Waals surface area contributed by atoms with E-state index >= 15 is 0 Å². The molecule has 2 amide bonds. The number of carbonyl (C=O) groups excluding carboxylic acids is 2. The summed E-state index contributed by atoms with van der Waals surface area (Å²) in [5.41, 5.74) is 2.07. The van der Waals surface area contributed by atoms with Gasteiger partial charge < -0.3 is 10.2 Å². The lowest BCUT2D eigenvalue weighted by molar-refractivity contribution is -0.117. The Morgan fingerprint density at radius 2 is 1.76 bits per heavy atom. The Morgan fingerprint density at radius 1 is 1.04 bits per heavy atom. The van der Waals surface area contributed by atoms with Crippen LogP contribution in [0.5, 0.6) is 0 Å². The highest BCUT2D eigenvalue weighted by Gasteiger charge is 2.19. The topological polar surface area (TPSA) is 49.4 Å². The van der Waals surface area contributed by atoms with Gasteiger partial charge in [-0.2, -0.15) is 0 Å². The van der Waals surface area contributed by atoms with Crippen LogP contribution in [0.2, 0.25) is 0 Å². The number of hydrogen-bond acceptors (Lipinski definition) is 2. The first-order valence-electron chi connectivity index (χ1n) is 8.86. The van der Waals surface area contributed by atoms with Gasteiger partial charge in [0.25, 0.3) is 5.91 Å². The summed E-state index contributed by atoms with van der Waals surface area (Å²) < 4.78 is 0. The summed E-state index contributed by atoms with van der Waals surface area (Å²) in [7, 11) is 1.75. The number of carbonyl (C=O) groups is 2. The van der Waals surface area contributed by atoms with Crippen LogP contribution in [-0.2, 0) is 4.79 Å². The first-order valence-corrected chi connectivity index (χ1v) is 8.86. The van der Waals surface area contributed by atoms with Gasteiger partial charge in [-0.15, -0.1) is 0 Å². The van der Waals surface area contributed by atoms with E-state index < -0.39 is 0 Å². The standard InChI is InChI=1S/C21H24N2O2/c1-23(19-12-3-2-4-13-19)21(25)17-10-7-11-18(15-17)22-20(24)14-16-8-5-6-9-16/h2-4,7,10-13,15-16H,5-6,8-9,14H2,1H3,(H,22,24). The molecule has 1 aliphatic rings. The van der Waals surface area contributed by atoms with Gasteiger partial charge in [-0.05, 0) is 49.1 Å². The van der Waals surface area contributed by atoms with Crippen molar-refractivity contribution in [2.24, 2.45) is 5.92 Å². The third-order valence-corrected chi connectivity index (χ3v) is 4.79. The minimum atomic E-state index is -0.0990. The molecular weight excluding hydrogens is 312 g/mol. The average molecular weight is 336 g/mol. The lowest BCUT2D eigenvalue weighted by Gasteiger charge is -2.18. The number of nitrogens with one attached hydrogen (secondary N) is 1. The van der Waals surface area contributed by atoms with Crippen LogP contribution in [-0.4, -0.2) is 18.9 Å². The maximum atomic E-state index is 12.7. The Hall–Kier alpha value is -2.62. The van der Waals surface area contributed by atoms with Gasteiger partial charge >= 0.3 is 0 Å². The molecule has 0 bridgehead atoms. The summed E-state index contributed by atoms with van der Waals surface area (Å²) in [6.45, 7) is 0. The Morgan fingerprint density at radius 3 is 2.48 bits per heavy atom. The second-order valence-corrected chi connectivity index (χ2v) is 6.68. The van der Waals surface area contributed by atoms with Crippen molar-refractivity contribution in [3.05, 3.63) is 60.2 Å². The third kappa shape index (κ3) is 4.47. The highest BCUT2D eigenvalue weighted by atomic mass is 16.2. The second kappa shape index (κ2) is 7.97. The molecule has 0 saturated heterocycles. The monoisotopic (exact) mass is 336 g/mol. The molecule has 0 radical (unpaired) electrons.